The SMILES string of the molecule is CCCCC(=O)N1CCN(Cc2nnnn2-c2cccc(F)c2)CC1. The second kappa shape index (κ2) is 8.15. The molecule has 1 aromatic heterocycles. The normalized spacial score (nSPS) is 15.5. The van der Waals surface area contributed by atoms with Crippen molar-refractivity contribution in [3.63, 3.8) is 0 Å². The zero-order valence-corrected chi connectivity index (χ0v) is 14.4. The van der Waals surface area contributed by atoms with Gasteiger partial charge in [-0.15, -0.1) is 5.10 Å². The molecule has 0 aliphatic carbocycles. The molecule has 0 unspecified atom stereocenters. The molecule has 1 fully saturated rings. The summed E-state index contributed by atoms with van der Waals surface area (Å²) in [6.45, 7) is 5.68. The van der Waals surface area contributed by atoms with E-state index in [1.54, 1.807) is 16.8 Å². The fraction of sp³-hybridized carbons (Fsp3) is 0.529. The van der Waals surface area contributed by atoms with Crippen LogP contribution in [-0.2, 0) is 11.3 Å². The lowest BCUT2D eigenvalue weighted by molar-refractivity contribution is -0.133. The van der Waals surface area contributed by atoms with Crippen LogP contribution >= 0.6 is 0 Å². The van der Waals surface area contributed by atoms with Gasteiger partial charge >= 0.3 is 0 Å². The molecule has 0 saturated carbocycles. The third-order valence-corrected chi connectivity index (χ3v) is 4.42. The monoisotopic (exact) mass is 346 g/mol. The van der Waals surface area contributed by atoms with Crippen molar-refractivity contribution in [3.8, 4) is 5.69 Å². The standard InChI is InChI=1S/C17H23FN6O/c1-2-3-7-17(25)23-10-8-22(9-11-23)13-16-19-20-21-24(16)15-6-4-5-14(18)12-15/h4-6,12H,2-3,7-11,13H2,1H3. The third kappa shape index (κ3) is 4.39. The first-order valence-electron chi connectivity index (χ1n) is 8.70. The molecule has 0 spiro atoms. The molecule has 2 aromatic rings. The molecular weight excluding hydrogens is 323 g/mol. The van der Waals surface area contributed by atoms with E-state index < -0.39 is 0 Å². The predicted octanol–water partition coefficient (Wildman–Crippen LogP) is 1.64. The van der Waals surface area contributed by atoms with Gasteiger partial charge < -0.3 is 4.90 Å². The highest BCUT2D eigenvalue weighted by Gasteiger charge is 2.22. The minimum absolute atomic E-state index is 0.242. The number of piperazine rings is 1. The second-order valence-electron chi connectivity index (χ2n) is 6.25. The van der Waals surface area contributed by atoms with Crippen LogP contribution in [0.2, 0.25) is 0 Å². The van der Waals surface area contributed by atoms with Gasteiger partial charge in [0.2, 0.25) is 5.91 Å². The van der Waals surface area contributed by atoms with Gasteiger partial charge in [-0.05, 0) is 35.0 Å². The smallest absolute Gasteiger partial charge is 0.222 e. The summed E-state index contributed by atoms with van der Waals surface area (Å²) in [5, 5.41) is 11.8. The van der Waals surface area contributed by atoms with E-state index >= 15 is 0 Å². The van der Waals surface area contributed by atoms with Crippen molar-refractivity contribution in [1.29, 1.82) is 0 Å². The number of tetrazole rings is 1. The molecule has 0 N–H and O–H groups in total. The second-order valence-corrected chi connectivity index (χ2v) is 6.25. The van der Waals surface area contributed by atoms with Crippen LogP contribution < -0.4 is 0 Å². The van der Waals surface area contributed by atoms with Crippen molar-refractivity contribution in [3.05, 3.63) is 35.9 Å². The number of benzene rings is 1. The Kier molecular flexibility index (Phi) is 5.70. The summed E-state index contributed by atoms with van der Waals surface area (Å²) in [5.74, 6) is 0.584. The van der Waals surface area contributed by atoms with Gasteiger partial charge in [0.25, 0.3) is 0 Å². The molecule has 0 radical (unpaired) electrons. The van der Waals surface area contributed by atoms with Gasteiger partial charge in [-0.3, -0.25) is 9.69 Å². The van der Waals surface area contributed by atoms with Crippen LogP contribution in [0.1, 0.15) is 32.0 Å². The summed E-state index contributed by atoms with van der Waals surface area (Å²) in [7, 11) is 0. The Morgan fingerprint density at radius 2 is 2.04 bits per heavy atom. The summed E-state index contributed by atoms with van der Waals surface area (Å²) in [6, 6.07) is 6.20. The number of carbonyl (C=O) groups is 1. The molecule has 3 rings (SSSR count). The Labute approximate surface area is 146 Å². The van der Waals surface area contributed by atoms with Crippen LogP contribution in [0.5, 0.6) is 0 Å². The van der Waals surface area contributed by atoms with Gasteiger partial charge in [0, 0.05) is 32.6 Å². The van der Waals surface area contributed by atoms with Crippen LogP contribution in [0.15, 0.2) is 24.3 Å². The molecule has 1 amide bonds. The summed E-state index contributed by atoms with van der Waals surface area (Å²) in [5.41, 5.74) is 0.605. The Balaban J connectivity index is 1.58. The number of carbonyl (C=O) groups excluding carboxylic acids is 1. The highest BCUT2D eigenvalue weighted by atomic mass is 19.1. The lowest BCUT2D eigenvalue weighted by atomic mass is 10.2. The van der Waals surface area contributed by atoms with E-state index in [0.29, 0.717) is 24.5 Å². The molecule has 134 valence electrons. The van der Waals surface area contributed by atoms with Gasteiger partial charge in [0.1, 0.15) is 5.82 Å². The van der Waals surface area contributed by atoms with E-state index in [1.807, 2.05) is 4.90 Å². The average molecular weight is 346 g/mol. The lowest BCUT2D eigenvalue weighted by Crippen LogP contribution is -2.48. The van der Waals surface area contributed by atoms with Crippen LogP contribution in [0.3, 0.4) is 0 Å². The van der Waals surface area contributed by atoms with Gasteiger partial charge in [-0.1, -0.05) is 19.4 Å². The molecule has 1 aromatic carbocycles. The van der Waals surface area contributed by atoms with Crippen molar-refractivity contribution < 1.29 is 9.18 Å². The van der Waals surface area contributed by atoms with E-state index in [0.717, 1.165) is 39.0 Å². The van der Waals surface area contributed by atoms with E-state index in [-0.39, 0.29) is 11.7 Å². The van der Waals surface area contributed by atoms with Crippen molar-refractivity contribution in [2.45, 2.75) is 32.7 Å². The van der Waals surface area contributed by atoms with Gasteiger partial charge in [-0.25, -0.2) is 4.39 Å². The largest absolute Gasteiger partial charge is 0.340 e. The van der Waals surface area contributed by atoms with E-state index in [2.05, 4.69) is 27.3 Å². The van der Waals surface area contributed by atoms with Crippen molar-refractivity contribution in [1.82, 2.24) is 30.0 Å². The number of rotatable bonds is 6. The molecule has 0 atom stereocenters. The first kappa shape index (κ1) is 17.5. The molecule has 7 nitrogen and oxygen atoms in total. The topological polar surface area (TPSA) is 67.2 Å². The van der Waals surface area contributed by atoms with Crippen LogP contribution in [-0.4, -0.2) is 62.1 Å². The zero-order chi connectivity index (χ0) is 17.6. The van der Waals surface area contributed by atoms with Gasteiger partial charge in [0.05, 0.1) is 12.2 Å². The van der Waals surface area contributed by atoms with E-state index in [1.165, 1.54) is 12.1 Å². The summed E-state index contributed by atoms with van der Waals surface area (Å²) in [6.07, 6.45) is 2.62. The van der Waals surface area contributed by atoms with Crippen molar-refractivity contribution >= 4 is 5.91 Å². The molecule has 1 aliphatic heterocycles. The maximum absolute atomic E-state index is 13.4. The van der Waals surface area contributed by atoms with Crippen LogP contribution in [0.4, 0.5) is 4.39 Å². The highest BCUT2D eigenvalue weighted by Crippen LogP contribution is 2.13. The number of hydrogen-bond acceptors (Lipinski definition) is 5. The lowest BCUT2D eigenvalue weighted by Gasteiger charge is -2.34. The highest BCUT2D eigenvalue weighted by molar-refractivity contribution is 5.76. The molecule has 8 heteroatoms. The molecule has 1 saturated heterocycles. The molecule has 25 heavy (non-hydrogen) atoms. The Bertz CT molecular complexity index is 711. The molecule has 1 aliphatic rings. The number of nitrogens with zero attached hydrogens (tertiary/aromatic N) is 6. The number of hydrogen-bond donors (Lipinski definition) is 0. The minimum Gasteiger partial charge on any atom is -0.340 e. The molecule has 0 bridgehead atoms. The van der Waals surface area contributed by atoms with E-state index in [9.17, 15) is 9.18 Å². The predicted molar refractivity (Wildman–Crippen MR) is 90.5 cm³/mol. The number of halogens is 1. The van der Waals surface area contributed by atoms with E-state index in [4.69, 9.17) is 0 Å². The number of unbranched alkanes of at least 4 members (excludes halogenated alkanes) is 1. The summed E-state index contributed by atoms with van der Waals surface area (Å²) >= 11 is 0. The quantitative estimate of drug-likeness (QED) is 0.795. The zero-order valence-electron chi connectivity index (χ0n) is 14.4. The van der Waals surface area contributed by atoms with Crippen LogP contribution in [0, 0.1) is 5.82 Å². The maximum atomic E-state index is 13.4. The number of aromatic nitrogens is 4. The minimum atomic E-state index is -0.321. The van der Waals surface area contributed by atoms with Crippen molar-refractivity contribution in [2.24, 2.45) is 0 Å². The average Bonchev–Trinajstić information content (AvgIpc) is 3.08. The first-order chi connectivity index (χ1) is 12.2. The fourth-order valence-corrected chi connectivity index (χ4v) is 2.95. The molecule has 2 heterocycles. The summed E-state index contributed by atoms with van der Waals surface area (Å²) < 4.78 is 15.0. The molecular formula is C17H23FN6O. The summed E-state index contributed by atoms with van der Waals surface area (Å²) in [4.78, 5) is 16.2. The fourth-order valence-electron chi connectivity index (χ4n) is 2.95. The van der Waals surface area contributed by atoms with Crippen molar-refractivity contribution in [2.75, 3.05) is 26.2 Å². The number of amides is 1. The van der Waals surface area contributed by atoms with Gasteiger partial charge in [0.15, 0.2) is 5.82 Å². The van der Waals surface area contributed by atoms with Gasteiger partial charge in [-0.2, -0.15) is 4.68 Å². The Hall–Kier alpha value is -2.35. The third-order valence-electron chi connectivity index (χ3n) is 4.42. The Morgan fingerprint density at radius 3 is 2.76 bits per heavy atom. The maximum Gasteiger partial charge on any atom is 0.222 e. The first-order valence-corrected chi connectivity index (χ1v) is 8.70. The Morgan fingerprint density at radius 1 is 1.24 bits per heavy atom. The van der Waals surface area contributed by atoms with Crippen LogP contribution in [0.25, 0.3) is 5.69 Å².